The van der Waals surface area contributed by atoms with E-state index in [2.05, 4.69) is 18.8 Å². The van der Waals surface area contributed by atoms with E-state index in [9.17, 15) is 9.59 Å². The Labute approximate surface area is 157 Å². The Hall–Kier alpha value is -1.15. The predicted molar refractivity (Wildman–Crippen MR) is 102 cm³/mol. The van der Waals surface area contributed by atoms with Gasteiger partial charge in [0.2, 0.25) is 6.08 Å². The summed E-state index contributed by atoms with van der Waals surface area (Å²) in [6, 6.07) is 0. The first-order valence-corrected chi connectivity index (χ1v) is 10.7. The monoisotopic (exact) mass is 361 g/mol. The molecule has 0 aromatic carbocycles. The highest BCUT2D eigenvalue weighted by atomic mass is 16.4. The molecule has 4 aliphatic carbocycles. The van der Waals surface area contributed by atoms with E-state index in [-0.39, 0.29) is 5.41 Å². The highest BCUT2D eigenvalue weighted by Gasteiger charge is 2.49. The molecule has 0 saturated heterocycles. The molecule has 26 heavy (non-hydrogen) atoms. The summed E-state index contributed by atoms with van der Waals surface area (Å²) in [4.78, 5) is 24.6. The van der Waals surface area contributed by atoms with Crippen LogP contribution in [0.15, 0.2) is 4.99 Å². The number of carbonyl (C=O) groups is 1. The van der Waals surface area contributed by atoms with Gasteiger partial charge in [-0.2, -0.15) is 0 Å². The van der Waals surface area contributed by atoms with Gasteiger partial charge in [-0.1, -0.05) is 13.8 Å². The van der Waals surface area contributed by atoms with Crippen LogP contribution in [0.25, 0.3) is 0 Å². The average Bonchev–Trinajstić information content (AvgIpc) is 3.00. The Bertz CT molecular complexity index is 506. The van der Waals surface area contributed by atoms with Crippen molar-refractivity contribution in [3.8, 4) is 0 Å². The van der Waals surface area contributed by atoms with Crippen LogP contribution in [0.5, 0.6) is 0 Å². The Kier molecular flexibility index (Phi) is 5.91. The van der Waals surface area contributed by atoms with E-state index in [1.807, 2.05) is 0 Å². The smallest absolute Gasteiger partial charge is 0.303 e. The van der Waals surface area contributed by atoms with Gasteiger partial charge in [-0.15, -0.1) is 0 Å². The van der Waals surface area contributed by atoms with Gasteiger partial charge in [-0.25, -0.2) is 9.79 Å². The van der Waals surface area contributed by atoms with Crippen LogP contribution in [0.3, 0.4) is 0 Å². The molecule has 146 valence electrons. The van der Waals surface area contributed by atoms with E-state index < -0.39 is 5.97 Å². The number of isocyanates is 1. The van der Waals surface area contributed by atoms with Crippen molar-refractivity contribution < 1.29 is 14.7 Å². The van der Waals surface area contributed by atoms with Crippen molar-refractivity contribution in [2.45, 2.75) is 84.5 Å². The highest BCUT2D eigenvalue weighted by Crippen LogP contribution is 2.58. The number of aliphatic carboxylic acids is 1. The van der Waals surface area contributed by atoms with Gasteiger partial charge in [0, 0.05) is 0 Å². The van der Waals surface area contributed by atoms with Gasteiger partial charge in [-0.3, -0.25) is 4.79 Å². The minimum absolute atomic E-state index is 0.164. The molecule has 0 amide bonds. The van der Waals surface area contributed by atoms with Gasteiger partial charge in [0.05, 0.1) is 13.0 Å². The molecular formula is C22H35NO3. The molecule has 4 saturated carbocycles. The number of carbonyl (C=O) groups excluding carboxylic acids is 1. The third kappa shape index (κ3) is 3.91. The lowest BCUT2D eigenvalue weighted by atomic mass is 9.77. The summed E-state index contributed by atoms with van der Waals surface area (Å²) in [5, 5.41) is 8.86. The van der Waals surface area contributed by atoms with Gasteiger partial charge >= 0.3 is 5.97 Å². The van der Waals surface area contributed by atoms with Crippen LogP contribution < -0.4 is 0 Å². The maximum Gasteiger partial charge on any atom is 0.303 e. The van der Waals surface area contributed by atoms with Crippen molar-refractivity contribution >= 4 is 12.0 Å². The number of hydrogen-bond acceptors (Lipinski definition) is 3. The van der Waals surface area contributed by atoms with Crippen LogP contribution in [0.1, 0.15) is 84.5 Å². The Morgan fingerprint density at radius 3 is 1.65 bits per heavy atom. The van der Waals surface area contributed by atoms with E-state index in [4.69, 9.17) is 5.11 Å². The van der Waals surface area contributed by atoms with E-state index in [0.29, 0.717) is 11.8 Å². The number of carboxylic acids is 1. The van der Waals surface area contributed by atoms with Crippen molar-refractivity contribution in [1.29, 1.82) is 0 Å². The zero-order valence-electron chi connectivity index (χ0n) is 16.5. The van der Waals surface area contributed by atoms with Crippen molar-refractivity contribution in [1.82, 2.24) is 0 Å². The van der Waals surface area contributed by atoms with Crippen molar-refractivity contribution in [2.75, 3.05) is 6.54 Å². The Morgan fingerprint density at radius 2 is 1.35 bits per heavy atom. The van der Waals surface area contributed by atoms with Crippen LogP contribution in [0.4, 0.5) is 0 Å². The second-order valence-electron chi connectivity index (χ2n) is 9.70. The standard InChI is InChI=1S/C11H17NO.C11H18O2/c1-2-11(7-12-8-13)5-9-3-4-10(9)6-11;1-2-11(7-10(12)13)5-8-3-4-9(8)6-11/h9-10H,2-7H2,1H3;8-9H,2-7H2,1H3,(H,12,13)/t9-,10+,11?;8-,9+,11?. The van der Waals surface area contributed by atoms with E-state index in [0.717, 1.165) is 36.6 Å². The van der Waals surface area contributed by atoms with Gasteiger partial charge in [0.25, 0.3) is 0 Å². The molecule has 0 aromatic heterocycles. The Balaban J connectivity index is 0.000000151. The van der Waals surface area contributed by atoms with Crippen molar-refractivity contribution in [2.24, 2.45) is 39.5 Å². The average molecular weight is 362 g/mol. The second kappa shape index (κ2) is 7.84. The highest BCUT2D eigenvalue weighted by molar-refractivity contribution is 5.67. The Morgan fingerprint density at radius 1 is 0.923 bits per heavy atom. The zero-order chi connectivity index (χ0) is 18.8. The molecule has 2 unspecified atom stereocenters. The van der Waals surface area contributed by atoms with Crippen molar-refractivity contribution in [3.63, 3.8) is 0 Å². The molecule has 0 heterocycles. The number of aliphatic imine (C=N–C) groups is 1. The summed E-state index contributed by atoms with van der Waals surface area (Å²) >= 11 is 0. The maximum atomic E-state index is 10.8. The zero-order valence-corrected chi connectivity index (χ0v) is 16.5. The molecule has 4 aliphatic rings. The lowest BCUT2D eigenvalue weighted by Gasteiger charge is -2.29. The summed E-state index contributed by atoms with van der Waals surface area (Å²) in [6.07, 6.45) is 14.8. The maximum absolute atomic E-state index is 10.8. The fraction of sp³-hybridized carbons (Fsp3) is 0.909. The quantitative estimate of drug-likeness (QED) is 0.521. The van der Waals surface area contributed by atoms with Crippen molar-refractivity contribution in [3.05, 3.63) is 0 Å². The van der Waals surface area contributed by atoms with Crippen LogP contribution in [0, 0.1) is 34.5 Å². The largest absolute Gasteiger partial charge is 0.481 e. The molecule has 0 bridgehead atoms. The van der Waals surface area contributed by atoms with Gasteiger partial charge in [0.1, 0.15) is 0 Å². The third-order valence-corrected chi connectivity index (χ3v) is 8.44. The summed E-state index contributed by atoms with van der Waals surface area (Å²) in [5.41, 5.74) is 0.529. The summed E-state index contributed by atoms with van der Waals surface area (Å²) in [5.74, 6) is 3.06. The SMILES string of the molecule is CCC1(CC(=O)O)C[C@H]2CC[C@H]2C1.CCC1(CN=C=O)C[C@H]2CC[C@H]2C1. The van der Waals surface area contributed by atoms with Crippen LogP contribution >= 0.6 is 0 Å². The molecule has 0 aliphatic heterocycles. The van der Waals surface area contributed by atoms with Crippen LogP contribution in [-0.4, -0.2) is 23.7 Å². The molecule has 0 radical (unpaired) electrons. The van der Waals surface area contributed by atoms with Crippen LogP contribution in [0.2, 0.25) is 0 Å². The lowest BCUT2D eigenvalue weighted by Crippen LogP contribution is -2.20. The second-order valence-corrected chi connectivity index (χ2v) is 9.70. The summed E-state index contributed by atoms with van der Waals surface area (Å²) in [7, 11) is 0. The topological polar surface area (TPSA) is 66.7 Å². The molecule has 6 atom stereocenters. The fourth-order valence-electron chi connectivity index (χ4n) is 6.35. The molecule has 4 fully saturated rings. The predicted octanol–water partition coefficient (Wildman–Crippen LogP) is 5.22. The number of hydrogen-bond donors (Lipinski definition) is 1. The number of rotatable bonds is 6. The van der Waals surface area contributed by atoms with Gasteiger partial charge in [0.15, 0.2) is 0 Å². The third-order valence-electron chi connectivity index (χ3n) is 8.44. The summed E-state index contributed by atoms with van der Waals surface area (Å²) in [6.45, 7) is 5.10. The first-order chi connectivity index (χ1) is 12.4. The van der Waals surface area contributed by atoms with E-state index in [1.54, 1.807) is 6.08 Å². The van der Waals surface area contributed by atoms with E-state index in [1.165, 1.54) is 57.8 Å². The van der Waals surface area contributed by atoms with Gasteiger partial charge in [-0.05, 0) is 98.7 Å². The molecule has 1 N–H and O–H groups in total. The number of nitrogens with zero attached hydrogens (tertiary/aromatic N) is 1. The minimum atomic E-state index is -0.608. The summed E-state index contributed by atoms with van der Waals surface area (Å²) < 4.78 is 0. The molecule has 4 rings (SSSR count). The minimum Gasteiger partial charge on any atom is -0.481 e. The fourth-order valence-corrected chi connectivity index (χ4v) is 6.35. The molecule has 4 nitrogen and oxygen atoms in total. The molecule has 0 aromatic rings. The first-order valence-electron chi connectivity index (χ1n) is 10.7. The lowest BCUT2D eigenvalue weighted by molar-refractivity contribution is -0.139. The van der Waals surface area contributed by atoms with Gasteiger partial charge < -0.3 is 5.11 Å². The normalized spacial score (nSPS) is 42.2. The first kappa shape index (κ1) is 19.6. The molecule has 4 heteroatoms. The number of fused-ring (bicyclic) bond motifs is 2. The van der Waals surface area contributed by atoms with Crippen LogP contribution in [-0.2, 0) is 9.59 Å². The molecule has 0 spiro atoms. The molecular weight excluding hydrogens is 326 g/mol. The van der Waals surface area contributed by atoms with E-state index >= 15 is 0 Å². The number of carboxylic acid groups (broad SMARTS) is 1.